The molecule has 0 radical (unpaired) electrons. The van der Waals surface area contributed by atoms with Crippen molar-refractivity contribution in [3.8, 4) is 0 Å². The molecule has 0 aliphatic carbocycles. The van der Waals surface area contributed by atoms with Gasteiger partial charge in [0.25, 0.3) is 0 Å². The zero-order valence-corrected chi connectivity index (χ0v) is 17.6. The molecule has 1 aliphatic heterocycles. The van der Waals surface area contributed by atoms with Crippen LogP contribution in [0.1, 0.15) is 33.6 Å². The lowest BCUT2D eigenvalue weighted by molar-refractivity contribution is -0.141. The van der Waals surface area contributed by atoms with E-state index in [-0.39, 0.29) is 25.0 Å². The molecule has 8 heteroatoms. The summed E-state index contributed by atoms with van der Waals surface area (Å²) in [5.74, 6) is -0.0790. The average Bonchev–Trinajstić information content (AvgIpc) is 2.74. The second-order valence-corrected chi connectivity index (χ2v) is 6.99. The Labute approximate surface area is 172 Å². The number of carbonyl (C=O) groups excluding carboxylic acids is 3. The summed E-state index contributed by atoms with van der Waals surface area (Å²) in [5, 5.41) is 5.14. The van der Waals surface area contributed by atoms with Gasteiger partial charge >= 0.3 is 12.0 Å². The normalized spacial score (nSPS) is 13.9. The SMILES string of the molecule is CCOC(=O)CNC(=O)Nc1ccc(N2CCN(C(=O)C(CC)CC)CC2)cc1. The highest BCUT2D eigenvalue weighted by molar-refractivity contribution is 5.91. The van der Waals surface area contributed by atoms with Gasteiger partial charge < -0.3 is 25.2 Å². The standard InChI is InChI=1S/C21H32N4O4/c1-4-16(5-2)20(27)25-13-11-24(12-14-25)18-9-7-17(8-10-18)23-21(28)22-15-19(26)29-6-3/h7-10,16H,4-6,11-15H2,1-3H3,(H2,22,23,28). The molecule has 0 bridgehead atoms. The van der Waals surface area contributed by atoms with Crippen molar-refractivity contribution in [1.29, 1.82) is 0 Å². The predicted octanol–water partition coefficient (Wildman–Crippen LogP) is 2.46. The Balaban J connectivity index is 1.81. The van der Waals surface area contributed by atoms with Crippen molar-refractivity contribution < 1.29 is 19.1 Å². The molecule has 8 nitrogen and oxygen atoms in total. The van der Waals surface area contributed by atoms with Gasteiger partial charge in [-0.3, -0.25) is 9.59 Å². The van der Waals surface area contributed by atoms with Gasteiger partial charge in [0.05, 0.1) is 6.61 Å². The summed E-state index contributed by atoms with van der Waals surface area (Å²) in [4.78, 5) is 39.8. The minimum absolute atomic E-state index is 0.127. The Bertz CT molecular complexity index is 680. The van der Waals surface area contributed by atoms with Crippen LogP contribution < -0.4 is 15.5 Å². The lowest BCUT2D eigenvalue weighted by Gasteiger charge is -2.37. The third-order valence-electron chi connectivity index (χ3n) is 5.12. The van der Waals surface area contributed by atoms with Crippen molar-refractivity contribution in [1.82, 2.24) is 10.2 Å². The molecule has 160 valence electrons. The molecule has 0 unspecified atom stereocenters. The second-order valence-electron chi connectivity index (χ2n) is 6.99. The zero-order chi connectivity index (χ0) is 21.2. The second kappa shape index (κ2) is 11.3. The number of ether oxygens (including phenoxy) is 1. The van der Waals surface area contributed by atoms with E-state index in [1.165, 1.54) is 0 Å². The van der Waals surface area contributed by atoms with E-state index in [2.05, 4.69) is 29.4 Å². The first kappa shape index (κ1) is 22.5. The summed E-state index contributed by atoms with van der Waals surface area (Å²) in [6.45, 7) is 8.99. The molecule has 1 aromatic carbocycles. The van der Waals surface area contributed by atoms with Crippen molar-refractivity contribution in [3.63, 3.8) is 0 Å². The number of benzene rings is 1. The molecule has 1 saturated heterocycles. The highest BCUT2D eigenvalue weighted by Crippen LogP contribution is 2.21. The minimum atomic E-state index is -0.472. The highest BCUT2D eigenvalue weighted by Gasteiger charge is 2.25. The van der Waals surface area contributed by atoms with Gasteiger partial charge in [0.1, 0.15) is 6.54 Å². The number of nitrogens with one attached hydrogen (secondary N) is 2. The van der Waals surface area contributed by atoms with Crippen molar-refractivity contribution in [3.05, 3.63) is 24.3 Å². The fourth-order valence-corrected chi connectivity index (χ4v) is 3.38. The first-order chi connectivity index (χ1) is 14.0. The first-order valence-corrected chi connectivity index (χ1v) is 10.3. The molecule has 29 heavy (non-hydrogen) atoms. The largest absolute Gasteiger partial charge is 0.465 e. The topological polar surface area (TPSA) is 91.0 Å². The van der Waals surface area contributed by atoms with E-state index in [0.29, 0.717) is 5.69 Å². The molecule has 0 aromatic heterocycles. The summed E-state index contributed by atoms with van der Waals surface area (Å²) < 4.78 is 4.76. The Morgan fingerprint density at radius 1 is 1.00 bits per heavy atom. The van der Waals surface area contributed by atoms with Gasteiger partial charge in [-0.1, -0.05) is 13.8 Å². The number of amides is 3. The van der Waals surface area contributed by atoms with Crippen LogP contribution in [0.2, 0.25) is 0 Å². The molecule has 1 heterocycles. The maximum Gasteiger partial charge on any atom is 0.325 e. The Morgan fingerprint density at radius 2 is 1.62 bits per heavy atom. The number of hydrogen-bond donors (Lipinski definition) is 2. The fourth-order valence-electron chi connectivity index (χ4n) is 3.38. The summed E-state index contributed by atoms with van der Waals surface area (Å²) in [7, 11) is 0. The summed E-state index contributed by atoms with van der Waals surface area (Å²) >= 11 is 0. The maximum absolute atomic E-state index is 12.5. The van der Waals surface area contributed by atoms with Crippen LogP contribution >= 0.6 is 0 Å². The number of anilines is 2. The predicted molar refractivity (Wildman–Crippen MR) is 113 cm³/mol. The van der Waals surface area contributed by atoms with E-state index in [0.717, 1.165) is 44.7 Å². The molecule has 0 spiro atoms. The molecule has 0 saturated carbocycles. The molecule has 3 amide bonds. The Kier molecular flexibility index (Phi) is 8.76. The average molecular weight is 405 g/mol. The van der Waals surface area contributed by atoms with Crippen molar-refractivity contribution in [2.45, 2.75) is 33.6 Å². The number of hydrogen-bond acceptors (Lipinski definition) is 5. The van der Waals surface area contributed by atoms with Gasteiger partial charge in [-0.15, -0.1) is 0 Å². The maximum atomic E-state index is 12.5. The lowest BCUT2D eigenvalue weighted by atomic mass is 10.0. The van der Waals surface area contributed by atoms with Crippen LogP contribution in [-0.2, 0) is 14.3 Å². The van der Waals surface area contributed by atoms with Crippen molar-refractivity contribution >= 4 is 29.3 Å². The third-order valence-corrected chi connectivity index (χ3v) is 5.12. The number of urea groups is 1. The molecule has 1 aliphatic rings. The minimum Gasteiger partial charge on any atom is -0.465 e. The summed E-state index contributed by atoms with van der Waals surface area (Å²) in [5.41, 5.74) is 1.69. The zero-order valence-electron chi connectivity index (χ0n) is 17.6. The van der Waals surface area contributed by atoms with E-state index in [9.17, 15) is 14.4 Å². The van der Waals surface area contributed by atoms with Crippen LogP contribution in [0.4, 0.5) is 16.2 Å². The van der Waals surface area contributed by atoms with Crippen LogP contribution in [0.3, 0.4) is 0 Å². The molecule has 2 N–H and O–H groups in total. The van der Waals surface area contributed by atoms with E-state index in [4.69, 9.17) is 4.74 Å². The lowest BCUT2D eigenvalue weighted by Crippen LogP contribution is -2.50. The Morgan fingerprint density at radius 3 is 2.17 bits per heavy atom. The molecular weight excluding hydrogens is 372 g/mol. The number of carbonyl (C=O) groups is 3. The third kappa shape index (κ3) is 6.66. The number of rotatable bonds is 8. The summed E-state index contributed by atoms with van der Waals surface area (Å²) in [6.07, 6.45) is 1.77. The molecule has 0 atom stereocenters. The molecule has 1 fully saturated rings. The van der Waals surface area contributed by atoms with Gasteiger partial charge in [0.2, 0.25) is 5.91 Å². The van der Waals surface area contributed by atoms with Gasteiger partial charge in [-0.25, -0.2) is 4.79 Å². The fraction of sp³-hybridized carbons (Fsp3) is 0.571. The summed E-state index contributed by atoms with van der Waals surface area (Å²) in [6, 6.07) is 7.07. The van der Waals surface area contributed by atoms with Gasteiger partial charge in [0.15, 0.2) is 0 Å². The smallest absolute Gasteiger partial charge is 0.325 e. The van der Waals surface area contributed by atoms with Crippen LogP contribution in [0.25, 0.3) is 0 Å². The van der Waals surface area contributed by atoms with Gasteiger partial charge in [-0.2, -0.15) is 0 Å². The van der Waals surface area contributed by atoms with Gasteiger partial charge in [-0.05, 0) is 44.0 Å². The van der Waals surface area contributed by atoms with Gasteiger partial charge in [0, 0.05) is 43.5 Å². The van der Waals surface area contributed by atoms with E-state index in [1.807, 2.05) is 29.2 Å². The van der Waals surface area contributed by atoms with E-state index >= 15 is 0 Å². The first-order valence-electron chi connectivity index (χ1n) is 10.3. The number of esters is 1. The Hall–Kier alpha value is -2.77. The van der Waals surface area contributed by atoms with E-state index < -0.39 is 12.0 Å². The van der Waals surface area contributed by atoms with Crippen LogP contribution in [0.5, 0.6) is 0 Å². The van der Waals surface area contributed by atoms with Crippen molar-refractivity contribution in [2.75, 3.05) is 49.5 Å². The molecular formula is C21H32N4O4. The number of nitrogens with zero attached hydrogens (tertiary/aromatic N) is 2. The molecule has 2 rings (SSSR count). The van der Waals surface area contributed by atoms with Crippen LogP contribution in [0, 0.1) is 5.92 Å². The van der Waals surface area contributed by atoms with Crippen LogP contribution in [0.15, 0.2) is 24.3 Å². The molecule has 1 aromatic rings. The van der Waals surface area contributed by atoms with E-state index in [1.54, 1.807) is 6.92 Å². The number of piperazine rings is 1. The quantitative estimate of drug-likeness (QED) is 0.650. The monoisotopic (exact) mass is 404 g/mol. The van der Waals surface area contributed by atoms with Crippen LogP contribution in [-0.4, -0.2) is 62.1 Å². The van der Waals surface area contributed by atoms with Crippen molar-refractivity contribution in [2.24, 2.45) is 5.92 Å². The highest BCUT2D eigenvalue weighted by atomic mass is 16.5.